The summed E-state index contributed by atoms with van der Waals surface area (Å²) in [6.07, 6.45) is 0. The van der Waals surface area contributed by atoms with E-state index in [2.05, 4.69) is 5.16 Å². The minimum absolute atomic E-state index is 0.00799. The van der Waals surface area contributed by atoms with E-state index in [0.717, 1.165) is 12.1 Å². The van der Waals surface area contributed by atoms with Crippen molar-refractivity contribution in [2.24, 2.45) is 0 Å². The zero-order valence-electron chi connectivity index (χ0n) is 11.5. The summed E-state index contributed by atoms with van der Waals surface area (Å²) in [4.78, 5) is 0. The van der Waals surface area contributed by atoms with Crippen LogP contribution < -0.4 is 0 Å². The van der Waals surface area contributed by atoms with Crippen LogP contribution in [0.4, 0.5) is 8.78 Å². The monoisotopic (exact) mass is 355 g/mol. The summed E-state index contributed by atoms with van der Waals surface area (Å²) in [6.45, 7) is -0.480. The first kappa shape index (κ1) is 15.9. The van der Waals surface area contributed by atoms with Gasteiger partial charge in [-0.05, 0) is 24.3 Å². The number of hydrogen-bond donors (Lipinski definition) is 1. The molecule has 1 heterocycles. The Kier molecular flexibility index (Phi) is 4.35. The van der Waals surface area contributed by atoms with Crippen LogP contribution in [0.1, 0.15) is 5.56 Å². The third-order valence-corrected chi connectivity index (χ3v) is 3.95. The fraction of sp³-hybridized carbons (Fsp3) is 0.0625. The molecule has 0 aliphatic rings. The molecule has 0 unspecified atom stereocenters. The molecule has 3 aromatic rings. The van der Waals surface area contributed by atoms with Crippen LogP contribution in [-0.2, 0) is 6.61 Å². The van der Waals surface area contributed by atoms with Gasteiger partial charge in [0.05, 0.1) is 27.8 Å². The first-order chi connectivity index (χ1) is 11.0. The lowest BCUT2D eigenvalue weighted by molar-refractivity contribution is 0.281. The normalized spacial score (nSPS) is 11.0. The van der Waals surface area contributed by atoms with E-state index in [9.17, 15) is 13.9 Å². The van der Waals surface area contributed by atoms with Crippen LogP contribution in [0.2, 0.25) is 10.0 Å². The van der Waals surface area contributed by atoms with Crippen molar-refractivity contribution in [2.75, 3.05) is 0 Å². The van der Waals surface area contributed by atoms with E-state index in [-0.39, 0.29) is 22.6 Å². The molecule has 0 aliphatic carbocycles. The fourth-order valence-electron chi connectivity index (χ4n) is 2.26. The van der Waals surface area contributed by atoms with Gasteiger partial charge in [0, 0.05) is 11.6 Å². The average molecular weight is 356 g/mol. The highest BCUT2D eigenvalue weighted by atomic mass is 35.5. The number of aliphatic hydroxyl groups excluding tert-OH is 1. The van der Waals surface area contributed by atoms with Crippen LogP contribution >= 0.6 is 23.2 Å². The van der Waals surface area contributed by atoms with Gasteiger partial charge >= 0.3 is 0 Å². The molecular weight excluding hydrogens is 347 g/mol. The summed E-state index contributed by atoms with van der Waals surface area (Å²) >= 11 is 12.2. The van der Waals surface area contributed by atoms with E-state index < -0.39 is 18.2 Å². The van der Waals surface area contributed by atoms with Gasteiger partial charge in [0.25, 0.3) is 0 Å². The molecule has 118 valence electrons. The Morgan fingerprint density at radius 3 is 2.39 bits per heavy atom. The number of aliphatic hydroxyl groups is 1. The topological polar surface area (TPSA) is 46.3 Å². The molecule has 0 atom stereocenters. The predicted octanol–water partition coefficient (Wildman–Crippen LogP) is 5.09. The van der Waals surface area contributed by atoms with Crippen LogP contribution in [0, 0.1) is 11.6 Å². The highest BCUT2D eigenvalue weighted by Gasteiger charge is 2.23. The van der Waals surface area contributed by atoms with Crippen molar-refractivity contribution in [1.29, 1.82) is 0 Å². The minimum atomic E-state index is -0.815. The summed E-state index contributed by atoms with van der Waals surface area (Å²) in [5.74, 6) is -1.39. The molecule has 23 heavy (non-hydrogen) atoms. The summed E-state index contributed by atoms with van der Waals surface area (Å²) in [5, 5.41) is 14.0. The maximum Gasteiger partial charge on any atom is 0.176 e. The van der Waals surface area contributed by atoms with Crippen molar-refractivity contribution in [2.45, 2.75) is 6.61 Å². The molecule has 0 radical (unpaired) electrons. The molecule has 1 N–H and O–H groups in total. The molecule has 3 nitrogen and oxygen atoms in total. The summed E-state index contributed by atoms with van der Waals surface area (Å²) in [6, 6.07) is 7.91. The van der Waals surface area contributed by atoms with Gasteiger partial charge in [-0.15, -0.1) is 0 Å². The largest absolute Gasteiger partial charge is 0.391 e. The lowest BCUT2D eigenvalue weighted by Gasteiger charge is -2.06. The van der Waals surface area contributed by atoms with Crippen molar-refractivity contribution >= 4 is 23.2 Å². The third-order valence-electron chi connectivity index (χ3n) is 3.32. The molecule has 0 aliphatic heterocycles. The second-order valence-corrected chi connectivity index (χ2v) is 5.53. The second kappa shape index (κ2) is 6.28. The number of hydrogen-bond acceptors (Lipinski definition) is 3. The molecular formula is C16H9Cl2F2NO2. The molecule has 2 aromatic carbocycles. The van der Waals surface area contributed by atoms with Crippen molar-refractivity contribution in [3.05, 3.63) is 63.6 Å². The van der Waals surface area contributed by atoms with Crippen LogP contribution in [-0.4, -0.2) is 10.3 Å². The van der Waals surface area contributed by atoms with E-state index in [1.807, 2.05) is 0 Å². The molecule has 0 spiro atoms. The van der Waals surface area contributed by atoms with Gasteiger partial charge in [0.2, 0.25) is 0 Å². The molecule has 0 bridgehead atoms. The first-order valence-electron chi connectivity index (χ1n) is 6.52. The maximum atomic E-state index is 14.0. The van der Waals surface area contributed by atoms with Gasteiger partial charge in [-0.1, -0.05) is 34.4 Å². The van der Waals surface area contributed by atoms with Gasteiger partial charge in [-0.25, -0.2) is 8.78 Å². The molecule has 3 rings (SSSR count). The molecule has 1 aromatic heterocycles. The molecule has 0 amide bonds. The Morgan fingerprint density at radius 1 is 1.09 bits per heavy atom. The van der Waals surface area contributed by atoms with Crippen LogP contribution in [0.5, 0.6) is 0 Å². The average Bonchev–Trinajstić information content (AvgIpc) is 2.90. The Morgan fingerprint density at radius 2 is 1.78 bits per heavy atom. The van der Waals surface area contributed by atoms with Gasteiger partial charge in [-0.3, -0.25) is 0 Å². The zero-order valence-corrected chi connectivity index (χ0v) is 13.0. The van der Waals surface area contributed by atoms with Gasteiger partial charge in [0.1, 0.15) is 17.3 Å². The second-order valence-electron chi connectivity index (χ2n) is 4.72. The highest BCUT2D eigenvalue weighted by Crippen LogP contribution is 2.40. The molecule has 7 heteroatoms. The van der Waals surface area contributed by atoms with E-state index in [0.29, 0.717) is 15.6 Å². The smallest absolute Gasteiger partial charge is 0.176 e. The highest BCUT2D eigenvalue weighted by molar-refractivity contribution is 6.39. The van der Waals surface area contributed by atoms with Crippen molar-refractivity contribution in [1.82, 2.24) is 5.16 Å². The Balaban J connectivity index is 2.22. The number of rotatable bonds is 3. The van der Waals surface area contributed by atoms with E-state index >= 15 is 0 Å². The number of aromatic nitrogens is 1. The minimum Gasteiger partial charge on any atom is -0.391 e. The van der Waals surface area contributed by atoms with E-state index in [1.165, 1.54) is 6.07 Å². The molecule has 0 saturated heterocycles. The van der Waals surface area contributed by atoms with Crippen molar-refractivity contribution in [3.63, 3.8) is 0 Å². The van der Waals surface area contributed by atoms with Gasteiger partial charge < -0.3 is 9.63 Å². The van der Waals surface area contributed by atoms with Crippen LogP contribution in [0.25, 0.3) is 22.6 Å². The van der Waals surface area contributed by atoms with E-state index in [4.69, 9.17) is 27.7 Å². The molecule has 0 saturated carbocycles. The quantitative estimate of drug-likeness (QED) is 0.711. The van der Waals surface area contributed by atoms with Crippen LogP contribution in [0.15, 0.2) is 40.9 Å². The summed E-state index contributed by atoms with van der Waals surface area (Å²) < 4.78 is 32.3. The Hall–Kier alpha value is -1.95. The van der Waals surface area contributed by atoms with Crippen molar-refractivity contribution in [3.8, 4) is 22.6 Å². The maximum absolute atomic E-state index is 14.0. The number of benzene rings is 2. The predicted molar refractivity (Wildman–Crippen MR) is 83.2 cm³/mol. The lowest BCUT2D eigenvalue weighted by Crippen LogP contribution is -1.93. The lowest BCUT2D eigenvalue weighted by atomic mass is 10.0. The SMILES string of the molecule is OCc1c(-c2ccc(F)cc2F)noc1-c1c(Cl)cccc1Cl. The third kappa shape index (κ3) is 2.83. The standard InChI is InChI=1S/C16H9Cl2F2NO2/c17-11-2-1-3-12(18)14(11)16-10(7-22)15(21-23-16)9-5-4-8(19)6-13(9)20/h1-6,22H,7H2. The zero-order chi connectivity index (χ0) is 16.6. The first-order valence-corrected chi connectivity index (χ1v) is 7.27. The summed E-state index contributed by atoms with van der Waals surface area (Å²) in [5.41, 5.74) is 0.635. The summed E-state index contributed by atoms with van der Waals surface area (Å²) in [7, 11) is 0. The van der Waals surface area contributed by atoms with Crippen molar-refractivity contribution < 1.29 is 18.4 Å². The van der Waals surface area contributed by atoms with Crippen LogP contribution in [0.3, 0.4) is 0 Å². The number of nitrogens with zero attached hydrogens (tertiary/aromatic N) is 1. The van der Waals surface area contributed by atoms with E-state index in [1.54, 1.807) is 18.2 Å². The Labute approximate surface area is 140 Å². The van der Waals surface area contributed by atoms with Gasteiger partial charge in [0.15, 0.2) is 5.76 Å². The van der Waals surface area contributed by atoms with Gasteiger partial charge in [-0.2, -0.15) is 0 Å². The fourth-order valence-corrected chi connectivity index (χ4v) is 2.83. The number of halogens is 4. The molecule has 0 fully saturated rings. The Bertz CT molecular complexity index is 860.